The van der Waals surface area contributed by atoms with Crippen LogP contribution in [0.5, 0.6) is 5.75 Å². The highest BCUT2D eigenvalue weighted by molar-refractivity contribution is 5.31. The van der Waals surface area contributed by atoms with Crippen molar-refractivity contribution in [2.24, 2.45) is 35.0 Å². The highest BCUT2D eigenvalue weighted by Crippen LogP contribution is 2.44. The van der Waals surface area contributed by atoms with Crippen LogP contribution in [0.4, 0.5) is 8.78 Å². The van der Waals surface area contributed by atoms with Gasteiger partial charge in [-0.1, -0.05) is 71.3 Å². The molecular weight excluding hydrogens is 526 g/mol. The number of halogens is 2. The van der Waals surface area contributed by atoms with Gasteiger partial charge < -0.3 is 9.64 Å². The molecule has 0 spiro atoms. The lowest BCUT2D eigenvalue weighted by Gasteiger charge is -2.46. The Kier molecular flexibility index (Phi) is 13.0. The summed E-state index contributed by atoms with van der Waals surface area (Å²) >= 11 is 0. The van der Waals surface area contributed by atoms with Gasteiger partial charge in [-0.25, -0.2) is 4.39 Å². The number of benzene rings is 1. The van der Waals surface area contributed by atoms with Gasteiger partial charge in [0, 0.05) is 19.6 Å². The van der Waals surface area contributed by atoms with Gasteiger partial charge in [-0.2, -0.15) is 9.65 Å². The zero-order valence-electron chi connectivity index (χ0n) is 26.9. The van der Waals surface area contributed by atoms with Gasteiger partial charge in [0.05, 0.1) is 18.1 Å². The molecule has 3 nitrogen and oxygen atoms in total. The van der Waals surface area contributed by atoms with Crippen LogP contribution in [0.3, 0.4) is 0 Å². The summed E-state index contributed by atoms with van der Waals surface area (Å²) in [6.07, 6.45) is 20.3. The van der Waals surface area contributed by atoms with Crippen LogP contribution in [0.25, 0.3) is 0 Å². The van der Waals surface area contributed by atoms with E-state index in [1.54, 1.807) is 13.0 Å². The van der Waals surface area contributed by atoms with Crippen molar-refractivity contribution in [2.75, 3.05) is 26.2 Å². The second kappa shape index (κ2) is 16.4. The minimum absolute atomic E-state index is 0.0387. The summed E-state index contributed by atoms with van der Waals surface area (Å²) in [6.45, 7) is 10.7. The largest absolute Gasteiger partial charge is 0.491 e. The summed E-state index contributed by atoms with van der Waals surface area (Å²) in [5.41, 5.74) is -0.0615. The molecule has 1 aromatic rings. The van der Waals surface area contributed by atoms with Gasteiger partial charge in [0.2, 0.25) is 5.82 Å². The molecule has 2 saturated carbocycles. The molecule has 5 heteroatoms. The summed E-state index contributed by atoms with van der Waals surface area (Å²) in [6, 6.07) is 5.70. The monoisotopic (exact) mass is 584 g/mol. The van der Waals surface area contributed by atoms with E-state index in [4.69, 9.17) is 4.74 Å². The molecule has 3 fully saturated rings. The van der Waals surface area contributed by atoms with Crippen LogP contribution < -0.4 is 4.74 Å². The zero-order valence-corrected chi connectivity index (χ0v) is 26.9. The summed E-state index contributed by atoms with van der Waals surface area (Å²) < 4.78 is 34.0. The third-order valence-corrected chi connectivity index (χ3v) is 11.2. The van der Waals surface area contributed by atoms with Crippen molar-refractivity contribution >= 4 is 0 Å². The van der Waals surface area contributed by atoms with Crippen molar-refractivity contribution in [2.45, 2.75) is 130 Å². The SMILES string of the molecule is CCCCCC1CCC(C2CN(CC(C)CCCC3CCC(C#N)(CCc4ccc(OCC)c(F)c4F)CC3)C2)CC1. The van der Waals surface area contributed by atoms with E-state index in [9.17, 15) is 14.0 Å². The fourth-order valence-corrected chi connectivity index (χ4v) is 8.32. The third kappa shape index (κ3) is 9.17. The number of hydrogen-bond acceptors (Lipinski definition) is 3. The lowest BCUT2D eigenvalue weighted by atomic mass is 9.67. The second-order valence-corrected chi connectivity index (χ2v) is 14.4. The van der Waals surface area contributed by atoms with Gasteiger partial charge >= 0.3 is 0 Å². The first kappa shape index (κ1) is 33.2. The van der Waals surface area contributed by atoms with E-state index in [0.717, 1.165) is 49.4 Å². The first-order valence-corrected chi connectivity index (χ1v) is 17.6. The van der Waals surface area contributed by atoms with E-state index >= 15 is 0 Å². The quantitative estimate of drug-likeness (QED) is 0.181. The molecule has 1 aromatic carbocycles. The molecule has 4 rings (SSSR count). The molecule has 42 heavy (non-hydrogen) atoms. The molecule has 2 aliphatic carbocycles. The Hall–Kier alpha value is -1.67. The van der Waals surface area contributed by atoms with E-state index in [0.29, 0.717) is 30.9 Å². The average molecular weight is 585 g/mol. The number of likely N-dealkylation sites (tertiary alicyclic amines) is 1. The standard InChI is InChI=1S/C37H58F2N2O/c1-4-6-7-10-29-12-14-31(15-13-29)33-25-41(26-33)24-28(3)9-8-11-30-18-21-37(27-40,22-19-30)23-20-32-16-17-34(42-5-2)36(39)35(32)38/h16-17,28-31,33H,4-15,18-26H2,1-3H3. The van der Waals surface area contributed by atoms with Crippen LogP contribution in [0, 0.1) is 58.0 Å². The predicted octanol–water partition coefficient (Wildman–Crippen LogP) is 10.1. The molecule has 0 bridgehead atoms. The zero-order chi connectivity index (χ0) is 30.0. The molecule has 1 saturated heterocycles. The fourth-order valence-electron chi connectivity index (χ4n) is 8.32. The van der Waals surface area contributed by atoms with E-state index in [1.165, 1.54) is 96.3 Å². The van der Waals surface area contributed by atoms with Crippen molar-refractivity contribution < 1.29 is 13.5 Å². The number of nitriles is 1. The Labute approximate surface area is 255 Å². The molecule has 0 N–H and O–H groups in total. The van der Waals surface area contributed by atoms with E-state index < -0.39 is 17.0 Å². The highest BCUT2D eigenvalue weighted by Gasteiger charge is 2.37. The van der Waals surface area contributed by atoms with Crippen LogP contribution in [-0.4, -0.2) is 31.1 Å². The molecule has 1 unspecified atom stereocenters. The lowest BCUT2D eigenvalue weighted by Crippen LogP contribution is -2.51. The molecule has 1 aliphatic heterocycles. The van der Waals surface area contributed by atoms with Gasteiger partial charge in [-0.15, -0.1) is 0 Å². The van der Waals surface area contributed by atoms with Crippen LogP contribution in [0.1, 0.15) is 129 Å². The summed E-state index contributed by atoms with van der Waals surface area (Å²) in [5.74, 6) is 2.64. The third-order valence-electron chi connectivity index (χ3n) is 11.2. The predicted molar refractivity (Wildman–Crippen MR) is 168 cm³/mol. The maximum atomic E-state index is 14.6. The topological polar surface area (TPSA) is 36.3 Å². The van der Waals surface area contributed by atoms with Crippen molar-refractivity contribution in [3.05, 3.63) is 29.3 Å². The molecule has 3 aliphatic rings. The van der Waals surface area contributed by atoms with Crippen molar-refractivity contribution in [1.82, 2.24) is 4.90 Å². The van der Waals surface area contributed by atoms with Crippen LogP contribution in [0.2, 0.25) is 0 Å². The molecule has 1 heterocycles. The first-order valence-electron chi connectivity index (χ1n) is 17.6. The van der Waals surface area contributed by atoms with Gasteiger partial charge in [-0.05, 0) is 106 Å². The van der Waals surface area contributed by atoms with E-state index in [2.05, 4.69) is 24.8 Å². The highest BCUT2D eigenvalue weighted by atomic mass is 19.2. The smallest absolute Gasteiger partial charge is 0.200 e. The summed E-state index contributed by atoms with van der Waals surface area (Å²) in [7, 11) is 0. The van der Waals surface area contributed by atoms with Crippen molar-refractivity contribution in [3.8, 4) is 11.8 Å². The number of aryl methyl sites for hydroxylation is 1. The maximum absolute atomic E-state index is 14.6. The Balaban J connectivity index is 1.08. The van der Waals surface area contributed by atoms with Gasteiger partial charge in [-0.3, -0.25) is 0 Å². The van der Waals surface area contributed by atoms with E-state index in [1.807, 2.05) is 0 Å². The van der Waals surface area contributed by atoms with Crippen LogP contribution in [-0.2, 0) is 6.42 Å². The number of nitrogens with zero attached hydrogens (tertiary/aromatic N) is 2. The minimum Gasteiger partial charge on any atom is -0.491 e. The van der Waals surface area contributed by atoms with Crippen LogP contribution in [0.15, 0.2) is 12.1 Å². The minimum atomic E-state index is -0.914. The Morgan fingerprint density at radius 2 is 1.62 bits per heavy atom. The fraction of sp³-hybridized carbons (Fsp3) is 0.811. The molecular formula is C37H58F2N2O. The number of ether oxygens (including phenoxy) is 1. The summed E-state index contributed by atoms with van der Waals surface area (Å²) in [4.78, 5) is 2.71. The Bertz CT molecular complexity index is 984. The van der Waals surface area contributed by atoms with Gasteiger partial charge in [0.25, 0.3) is 0 Å². The van der Waals surface area contributed by atoms with Gasteiger partial charge in [0.15, 0.2) is 11.6 Å². The Morgan fingerprint density at radius 3 is 2.29 bits per heavy atom. The normalized spacial score (nSPS) is 27.8. The van der Waals surface area contributed by atoms with E-state index in [-0.39, 0.29) is 5.75 Å². The second-order valence-electron chi connectivity index (χ2n) is 14.4. The molecule has 0 amide bonds. The number of unbranched alkanes of at least 4 members (excludes halogenated alkanes) is 2. The van der Waals surface area contributed by atoms with Crippen molar-refractivity contribution in [1.29, 1.82) is 5.26 Å². The number of rotatable bonds is 16. The number of hydrogen-bond donors (Lipinski definition) is 0. The molecule has 236 valence electrons. The molecule has 1 atom stereocenters. The lowest BCUT2D eigenvalue weighted by molar-refractivity contribution is 0.0248. The Morgan fingerprint density at radius 1 is 0.929 bits per heavy atom. The molecule has 0 radical (unpaired) electrons. The maximum Gasteiger partial charge on any atom is 0.200 e. The van der Waals surface area contributed by atoms with Crippen molar-refractivity contribution in [3.63, 3.8) is 0 Å². The van der Waals surface area contributed by atoms with Crippen LogP contribution >= 0.6 is 0 Å². The van der Waals surface area contributed by atoms with Gasteiger partial charge in [0.1, 0.15) is 0 Å². The average Bonchev–Trinajstić information content (AvgIpc) is 2.98. The first-order chi connectivity index (χ1) is 20.4. The summed E-state index contributed by atoms with van der Waals surface area (Å²) in [5, 5.41) is 10.0. The molecule has 0 aromatic heterocycles.